The second-order valence-corrected chi connectivity index (χ2v) is 7.98. The highest BCUT2D eigenvalue weighted by molar-refractivity contribution is 5.04. The molecular weight excluding hydrogens is 298 g/mol. The summed E-state index contributed by atoms with van der Waals surface area (Å²) in [6.07, 6.45) is 9.95. The van der Waals surface area contributed by atoms with Crippen LogP contribution in [-0.4, -0.2) is 60.2 Å². The molecule has 0 saturated carbocycles. The minimum Gasteiger partial charge on any atom is -0.381 e. The molecule has 0 amide bonds. The molecule has 3 fully saturated rings. The first kappa shape index (κ1) is 16.5. The summed E-state index contributed by atoms with van der Waals surface area (Å²) < 4.78 is 5.52. The lowest BCUT2D eigenvalue weighted by Crippen LogP contribution is -2.50. The average molecular weight is 329 g/mol. The van der Waals surface area contributed by atoms with E-state index in [1.54, 1.807) is 0 Å². The topological polar surface area (TPSA) is 28.6 Å². The van der Waals surface area contributed by atoms with Crippen LogP contribution in [0.4, 0.5) is 0 Å². The van der Waals surface area contributed by atoms with Crippen molar-refractivity contribution in [1.29, 1.82) is 0 Å². The first-order valence-electron chi connectivity index (χ1n) is 9.77. The van der Waals surface area contributed by atoms with Crippen LogP contribution in [-0.2, 0) is 11.3 Å². The molecule has 3 aliphatic rings. The standard InChI is InChI=1S/C20H31N3O/c1-2-10-21-18(3-1)17-22-11-6-20(7-12-22)8-13-23(14-9-20)19-4-15-24-16-5-19/h1-3,10,19H,4-9,11-17H2. The summed E-state index contributed by atoms with van der Waals surface area (Å²) in [5, 5.41) is 0. The SMILES string of the molecule is c1ccc(CN2CCC3(CC2)CCN(C2CCOCC2)CC3)nc1. The summed E-state index contributed by atoms with van der Waals surface area (Å²) in [6, 6.07) is 7.04. The molecule has 1 aromatic rings. The van der Waals surface area contributed by atoms with Crippen molar-refractivity contribution in [1.82, 2.24) is 14.8 Å². The lowest BCUT2D eigenvalue weighted by atomic mass is 9.71. The predicted octanol–water partition coefficient (Wildman–Crippen LogP) is 2.94. The van der Waals surface area contributed by atoms with Gasteiger partial charge in [-0.1, -0.05) is 6.07 Å². The third-order valence-electron chi connectivity index (χ3n) is 6.59. The Kier molecular flexibility index (Phi) is 5.16. The summed E-state index contributed by atoms with van der Waals surface area (Å²) in [5.74, 6) is 0. The van der Waals surface area contributed by atoms with E-state index in [1.807, 2.05) is 12.3 Å². The van der Waals surface area contributed by atoms with E-state index >= 15 is 0 Å². The number of ether oxygens (including phenoxy) is 1. The van der Waals surface area contributed by atoms with Crippen LogP contribution in [0.15, 0.2) is 24.4 Å². The third kappa shape index (κ3) is 3.81. The van der Waals surface area contributed by atoms with Gasteiger partial charge in [0.05, 0.1) is 5.69 Å². The van der Waals surface area contributed by atoms with Gasteiger partial charge in [0, 0.05) is 32.0 Å². The fourth-order valence-electron chi connectivity index (χ4n) is 4.82. The van der Waals surface area contributed by atoms with Crippen molar-refractivity contribution in [3.63, 3.8) is 0 Å². The predicted molar refractivity (Wildman–Crippen MR) is 95.8 cm³/mol. The second-order valence-electron chi connectivity index (χ2n) is 7.98. The number of likely N-dealkylation sites (tertiary alicyclic amines) is 2. The highest BCUT2D eigenvalue weighted by Gasteiger charge is 2.38. The van der Waals surface area contributed by atoms with Crippen LogP contribution in [0.3, 0.4) is 0 Å². The maximum absolute atomic E-state index is 5.52. The molecule has 0 radical (unpaired) electrons. The van der Waals surface area contributed by atoms with E-state index in [0.29, 0.717) is 5.41 Å². The van der Waals surface area contributed by atoms with E-state index in [2.05, 4.69) is 26.9 Å². The number of piperidine rings is 2. The van der Waals surface area contributed by atoms with Gasteiger partial charge in [0.15, 0.2) is 0 Å². The van der Waals surface area contributed by atoms with Gasteiger partial charge in [0.2, 0.25) is 0 Å². The monoisotopic (exact) mass is 329 g/mol. The molecule has 3 aliphatic heterocycles. The molecule has 4 rings (SSSR count). The Morgan fingerprint density at radius 2 is 1.71 bits per heavy atom. The Morgan fingerprint density at radius 3 is 2.38 bits per heavy atom. The van der Waals surface area contributed by atoms with Gasteiger partial charge < -0.3 is 9.64 Å². The summed E-state index contributed by atoms with van der Waals surface area (Å²) in [4.78, 5) is 9.83. The molecule has 0 bridgehead atoms. The molecule has 0 atom stereocenters. The maximum Gasteiger partial charge on any atom is 0.0543 e. The van der Waals surface area contributed by atoms with Crippen molar-refractivity contribution >= 4 is 0 Å². The van der Waals surface area contributed by atoms with Gasteiger partial charge in [-0.3, -0.25) is 9.88 Å². The molecule has 1 aromatic heterocycles. The van der Waals surface area contributed by atoms with Crippen molar-refractivity contribution in [2.75, 3.05) is 39.4 Å². The van der Waals surface area contributed by atoms with Crippen LogP contribution in [0, 0.1) is 5.41 Å². The van der Waals surface area contributed by atoms with E-state index < -0.39 is 0 Å². The molecule has 4 heteroatoms. The Labute approximate surface area is 146 Å². The molecule has 0 N–H and O–H groups in total. The minimum absolute atomic E-state index is 0.627. The fourth-order valence-corrected chi connectivity index (χ4v) is 4.82. The summed E-state index contributed by atoms with van der Waals surface area (Å²) in [7, 11) is 0. The van der Waals surface area contributed by atoms with Crippen LogP contribution in [0.2, 0.25) is 0 Å². The van der Waals surface area contributed by atoms with Crippen LogP contribution in [0.1, 0.15) is 44.2 Å². The van der Waals surface area contributed by atoms with Gasteiger partial charge in [-0.2, -0.15) is 0 Å². The van der Waals surface area contributed by atoms with Gasteiger partial charge in [-0.15, -0.1) is 0 Å². The Balaban J connectivity index is 1.25. The van der Waals surface area contributed by atoms with E-state index in [-0.39, 0.29) is 0 Å². The van der Waals surface area contributed by atoms with E-state index in [4.69, 9.17) is 4.74 Å². The Hall–Kier alpha value is -0.970. The van der Waals surface area contributed by atoms with E-state index in [0.717, 1.165) is 25.8 Å². The molecule has 0 aromatic carbocycles. The van der Waals surface area contributed by atoms with Crippen molar-refractivity contribution in [2.45, 2.75) is 51.1 Å². The summed E-state index contributed by atoms with van der Waals surface area (Å²) >= 11 is 0. The van der Waals surface area contributed by atoms with Crippen LogP contribution in [0.5, 0.6) is 0 Å². The van der Waals surface area contributed by atoms with Gasteiger partial charge in [0.25, 0.3) is 0 Å². The van der Waals surface area contributed by atoms with E-state index in [9.17, 15) is 0 Å². The first-order valence-corrected chi connectivity index (χ1v) is 9.77. The maximum atomic E-state index is 5.52. The van der Waals surface area contributed by atoms with Crippen LogP contribution in [0.25, 0.3) is 0 Å². The third-order valence-corrected chi connectivity index (χ3v) is 6.59. The van der Waals surface area contributed by atoms with E-state index in [1.165, 1.54) is 70.4 Å². The molecule has 24 heavy (non-hydrogen) atoms. The highest BCUT2D eigenvalue weighted by atomic mass is 16.5. The lowest BCUT2D eigenvalue weighted by molar-refractivity contribution is -0.0140. The lowest BCUT2D eigenvalue weighted by Gasteiger charge is -2.49. The number of pyridine rings is 1. The summed E-state index contributed by atoms with van der Waals surface area (Å²) in [5.41, 5.74) is 1.84. The highest BCUT2D eigenvalue weighted by Crippen LogP contribution is 2.42. The van der Waals surface area contributed by atoms with Gasteiger partial charge in [-0.25, -0.2) is 0 Å². The zero-order valence-electron chi connectivity index (χ0n) is 14.8. The Bertz CT molecular complexity index is 497. The number of hydrogen-bond acceptors (Lipinski definition) is 4. The molecule has 3 saturated heterocycles. The first-order chi connectivity index (χ1) is 11.8. The molecule has 0 aliphatic carbocycles. The quantitative estimate of drug-likeness (QED) is 0.852. The molecule has 0 unspecified atom stereocenters. The number of nitrogens with zero attached hydrogens (tertiary/aromatic N) is 3. The van der Waals surface area contributed by atoms with Crippen molar-refractivity contribution in [3.05, 3.63) is 30.1 Å². The molecule has 132 valence electrons. The summed E-state index contributed by atoms with van der Waals surface area (Å²) in [6.45, 7) is 8.06. The fraction of sp³-hybridized carbons (Fsp3) is 0.750. The number of hydrogen-bond donors (Lipinski definition) is 0. The molecular formula is C20H31N3O. The zero-order valence-corrected chi connectivity index (χ0v) is 14.8. The van der Waals surface area contributed by atoms with Gasteiger partial charge in [0.1, 0.15) is 0 Å². The molecule has 4 nitrogen and oxygen atoms in total. The van der Waals surface area contributed by atoms with Crippen LogP contribution < -0.4 is 0 Å². The average Bonchev–Trinajstić information content (AvgIpc) is 2.66. The zero-order chi connectivity index (χ0) is 16.2. The van der Waals surface area contributed by atoms with Crippen molar-refractivity contribution < 1.29 is 4.74 Å². The second kappa shape index (κ2) is 7.51. The minimum atomic E-state index is 0.627. The van der Waals surface area contributed by atoms with Crippen molar-refractivity contribution in [3.8, 4) is 0 Å². The Morgan fingerprint density at radius 1 is 1.00 bits per heavy atom. The van der Waals surface area contributed by atoms with Crippen LogP contribution >= 0.6 is 0 Å². The molecule has 1 spiro atoms. The van der Waals surface area contributed by atoms with Crippen molar-refractivity contribution in [2.24, 2.45) is 5.41 Å². The van der Waals surface area contributed by atoms with Gasteiger partial charge >= 0.3 is 0 Å². The number of rotatable bonds is 3. The largest absolute Gasteiger partial charge is 0.381 e. The normalized spacial score (nSPS) is 26.7. The molecule has 4 heterocycles. The van der Waals surface area contributed by atoms with Gasteiger partial charge in [-0.05, 0) is 82.3 Å². The smallest absolute Gasteiger partial charge is 0.0543 e. The number of aromatic nitrogens is 1.